The van der Waals surface area contributed by atoms with Gasteiger partial charge in [0.1, 0.15) is 0 Å². The van der Waals surface area contributed by atoms with Crippen LogP contribution < -0.4 is 10.2 Å². The number of aryl methyl sites for hydroxylation is 2. The monoisotopic (exact) mass is 458 g/mol. The number of nitrogens with one attached hydrogen (secondary N) is 1. The molecule has 1 fully saturated rings. The fourth-order valence-electron chi connectivity index (χ4n) is 3.82. The van der Waals surface area contributed by atoms with Crippen LogP contribution in [0, 0.1) is 6.92 Å². The van der Waals surface area contributed by atoms with Crippen LogP contribution in [0.25, 0.3) is 11.5 Å². The van der Waals surface area contributed by atoms with E-state index in [0.29, 0.717) is 17.5 Å². The van der Waals surface area contributed by atoms with Gasteiger partial charge in [0.15, 0.2) is 0 Å². The molecule has 6 nitrogen and oxygen atoms in total. The number of hydrogen-bond acceptors (Lipinski definition) is 5. The predicted octanol–water partition coefficient (Wildman–Crippen LogP) is 5.63. The van der Waals surface area contributed by atoms with Crippen LogP contribution in [0.2, 0.25) is 0 Å². The Morgan fingerprint density at radius 1 is 1.06 bits per heavy atom. The van der Waals surface area contributed by atoms with Gasteiger partial charge in [-0.05, 0) is 56.5 Å². The molecule has 33 heavy (non-hydrogen) atoms. The van der Waals surface area contributed by atoms with Crippen molar-refractivity contribution in [2.75, 3.05) is 23.3 Å². The SMILES string of the molecule is Cc1ccc(-c2nnc(CCC(=O)Nc3cc(C(F)(F)F)ccc3N3CCCCC3)o2)cc1. The highest BCUT2D eigenvalue weighted by atomic mass is 19.4. The van der Waals surface area contributed by atoms with Crippen LogP contribution in [-0.4, -0.2) is 29.2 Å². The lowest BCUT2D eigenvalue weighted by molar-refractivity contribution is -0.137. The van der Waals surface area contributed by atoms with Crippen molar-refractivity contribution in [3.8, 4) is 11.5 Å². The summed E-state index contributed by atoms with van der Waals surface area (Å²) in [5.41, 5.74) is 1.86. The maximum absolute atomic E-state index is 13.3. The van der Waals surface area contributed by atoms with Gasteiger partial charge in [-0.15, -0.1) is 10.2 Å². The molecule has 2 aromatic carbocycles. The van der Waals surface area contributed by atoms with Crippen LogP contribution in [0.15, 0.2) is 46.9 Å². The van der Waals surface area contributed by atoms with Gasteiger partial charge >= 0.3 is 6.18 Å². The average molecular weight is 458 g/mol. The van der Waals surface area contributed by atoms with Crippen molar-refractivity contribution in [1.29, 1.82) is 0 Å². The molecule has 1 amide bonds. The zero-order valence-electron chi connectivity index (χ0n) is 18.3. The van der Waals surface area contributed by atoms with Gasteiger partial charge < -0.3 is 14.6 Å². The van der Waals surface area contributed by atoms with E-state index >= 15 is 0 Å². The Kier molecular flexibility index (Phi) is 6.67. The molecule has 0 saturated carbocycles. The molecular formula is C24H25F3N4O2. The summed E-state index contributed by atoms with van der Waals surface area (Å²) in [6, 6.07) is 11.1. The molecule has 0 spiro atoms. The summed E-state index contributed by atoms with van der Waals surface area (Å²) in [6.45, 7) is 3.47. The lowest BCUT2D eigenvalue weighted by Gasteiger charge is -2.31. The largest absolute Gasteiger partial charge is 0.421 e. The van der Waals surface area contributed by atoms with Crippen molar-refractivity contribution in [2.24, 2.45) is 0 Å². The van der Waals surface area contributed by atoms with Crippen molar-refractivity contribution in [1.82, 2.24) is 10.2 Å². The lowest BCUT2D eigenvalue weighted by Crippen LogP contribution is -2.30. The van der Waals surface area contributed by atoms with Crippen LogP contribution in [0.4, 0.5) is 24.5 Å². The van der Waals surface area contributed by atoms with Crippen molar-refractivity contribution in [3.63, 3.8) is 0 Å². The number of piperidine rings is 1. The molecule has 1 aromatic heterocycles. The number of anilines is 2. The van der Waals surface area contributed by atoms with Crippen LogP contribution in [0.1, 0.15) is 42.7 Å². The van der Waals surface area contributed by atoms with E-state index in [1.165, 1.54) is 6.07 Å². The average Bonchev–Trinajstić information content (AvgIpc) is 3.27. The number of rotatable bonds is 6. The fraction of sp³-hybridized carbons (Fsp3) is 0.375. The van der Waals surface area contributed by atoms with E-state index < -0.39 is 17.6 Å². The fourth-order valence-corrected chi connectivity index (χ4v) is 3.82. The normalized spacial score (nSPS) is 14.4. The molecule has 0 aliphatic carbocycles. The Morgan fingerprint density at radius 2 is 1.79 bits per heavy atom. The first kappa shape index (κ1) is 22.8. The van der Waals surface area contributed by atoms with Gasteiger partial charge in [0, 0.05) is 31.5 Å². The number of amides is 1. The van der Waals surface area contributed by atoms with Crippen molar-refractivity contribution in [2.45, 2.75) is 45.2 Å². The third kappa shape index (κ3) is 5.71. The second kappa shape index (κ2) is 9.64. The first-order valence-electron chi connectivity index (χ1n) is 10.9. The number of halogens is 3. The smallest absolute Gasteiger partial charge is 0.416 e. The maximum atomic E-state index is 13.3. The highest BCUT2D eigenvalue weighted by molar-refractivity contribution is 5.94. The molecule has 0 bridgehead atoms. The van der Waals surface area contributed by atoms with Crippen LogP contribution in [-0.2, 0) is 17.4 Å². The van der Waals surface area contributed by atoms with E-state index in [1.807, 2.05) is 36.1 Å². The molecule has 4 rings (SSSR count). The summed E-state index contributed by atoms with van der Waals surface area (Å²) < 4.78 is 45.4. The van der Waals surface area contributed by atoms with E-state index in [1.54, 1.807) is 0 Å². The Morgan fingerprint density at radius 3 is 2.48 bits per heavy atom. The number of nitrogens with zero attached hydrogens (tertiary/aromatic N) is 3. The van der Waals surface area contributed by atoms with Gasteiger partial charge in [-0.25, -0.2) is 0 Å². The second-order valence-electron chi connectivity index (χ2n) is 8.19. The Hall–Kier alpha value is -3.36. The molecule has 0 unspecified atom stereocenters. The topological polar surface area (TPSA) is 71.3 Å². The first-order chi connectivity index (χ1) is 15.8. The minimum absolute atomic E-state index is 0.00518. The van der Waals surface area contributed by atoms with Crippen molar-refractivity contribution in [3.05, 3.63) is 59.5 Å². The highest BCUT2D eigenvalue weighted by Gasteiger charge is 2.32. The number of alkyl halides is 3. The molecule has 1 saturated heterocycles. The third-order valence-electron chi connectivity index (χ3n) is 5.63. The van der Waals surface area contributed by atoms with Gasteiger partial charge in [-0.2, -0.15) is 13.2 Å². The van der Waals surface area contributed by atoms with Crippen LogP contribution >= 0.6 is 0 Å². The van der Waals surface area contributed by atoms with Gasteiger partial charge in [0.05, 0.1) is 16.9 Å². The predicted molar refractivity (Wildman–Crippen MR) is 119 cm³/mol. The molecule has 174 valence electrons. The number of aromatic nitrogens is 2. The number of carbonyl (C=O) groups excluding carboxylic acids is 1. The standard InChI is InChI=1S/C24H25F3N4O2/c1-16-5-7-17(8-6-16)23-30-29-22(33-23)12-11-21(32)28-19-15-18(24(25,26)27)9-10-20(19)31-13-3-2-4-14-31/h5-10,15H,2-4,11-14H2,1H3,(H,28,32). The van der Waals surface area contributed by atoms with Gasteiger partial charge in [0.2, 0.25) is 17.7 Å². The number of benzene rings is 2. The van der Waals surface area contributed by atoms with Crippen molar-refractivity contribution >= 4 is 17.3 Å². The molecule has 3 aromatic rings. The van der Waals surface area contributed by atoms with Gasteiger partial charge in [-0.1, -0.05) is 17.7 Å². The van der Waals surface area contributed by atoms with E-state index in [4.69, 9.17) is 4.42 Å². The zero-order chi connectivity index (χ0) is 23.4. The second-order valence-corrected chi connectivity index (χ2v) is 8.19. The minimum atomic E-state index is -4.49. The summed E-state index contributed by atoms with van der Waals surface area (Å²) in [5.74, 6) is 0.236. The maximum Gasteiger partial charge on any atom is 0.416 e. The molecule has 1 N–H and O–H groups in total. The van der Waals surface area contributed by atoms with Crippen LogP contribution in [0.5, 0.6) is 0 Å². The third-order valence-corrected chi connectivity index (χ3v) is 5.63. The minimum Gasteiger partial charge on any atom is -0.421 e. The summed E-state index contributed by atoms with van der Waals surface area (Å²) in [6.07, 6.45) is -1.28. The molecule has 0 atom stereocenters. The van der Waals surface area contributed by atoms with Crippen LogP contribution in [0.3, 0.4) is 0 Å². The molecular weight excluding hydrogens is 433 g/mol. The lowest BCUT2D eigenvalue weighted by atomic mass is 10.1. The molecule has 9 heteroatoms. The van der Waals surface area contributed by atoms with Gasteiger partial charge in [0.25, 0.3) is 0 Å². The summed E-state index contributed by atoms with van der Waals surface area (Å²) in [4.78, 5) is 14.6. The Labute approximate surface area is 189 Å². The molecule has 1 aliphatic heterocycles. The molecule has 0 radical (unpaired) electrons. The molecule has 1 aliphatic rings. The molecule has 2 heterocycles. The highest BCUT2D eigenvalue weighted by Crippen LogP contribution is 2.36. The first-order valence-corrected chi connectivity index (χ1v) is 10.9. The Balaban J connectivity index is 1.44. The quantitative estimate of drug-likeness (QED) is 0.519. The zero-order valence-corrected chi connectivity index (χ0v) is 18.3. The summed E-state index contributed by atoms with van der Waals surface area (Å²) >= 11 is 0. The Bertz CT molecular complexity index is 1100. The van der Waals surface area contributed by atoms with Gasteiger partial charge in [-0.3, -0.25) is 4.79 Å². The van der Waals surface area contributed by atoms with E-state index in [9.17, 15) is 18.0 Å². The van der Waals surface area contributed by atoms with Crippen molar-refractivity contribution < 1.29 is 22.4 Å². The summed E-state index contributed by atoms with van der Waals surface area (Å²) in [7, 11) is 0. The van der Waals surface area contributed by atoms with E-state index in [2.05, 4.69) is 15.5 Å². The number of carbonyl (C=O) groups is 1. The number of hydrogen-bond donors (Lipinski definition) is 1. The summed E-state index contributed by atoms with van der Waals surface area (Å²) in [5, 5.41) is 10.7. The van der Waals surface area contributed by atoms with E-state index in [0.717, 1.165) is 55.6 Å². The van der Waals surface area contributed by atoms with E-state index in [-0.39, 0.29) is 18.5 Å².